The molecule has 29 heavy (non-hydrogen) atoms. The molecular formula is C21H19FN2O3S2. The number of anilines is 1. The van der Waals surface area contributed by atoms with E-state index in [1.54, 1.807) is 22.4 Å². The third-order valence-electron chi connectivity index (χ3n) is 4.92. The van der Waals surface area contributed by atoms with Crippen LogP contribution in [0, 0.1) is 5.82 Å². The van der Waals surface area contributed by atoms with Gasteiger partial charge < -0.3 is 4.90 Å². The monoisotopic (exact) mass is 430 g/mol. The number of nitrogens with zero attached hydrogens (tertiary/aromatic N) is 2. The van der Waals surface area contributed by atoms with Crippen LogP contribution in [-0.2, 0) is 27.8 Å². The van der Waals surface area contributed by atoms with E-state index < -0.39 is 22.4 Å². The average Bonchev–Trinajstić information content (AvgIpc) is 3.28. The first-order valence-corrected chi connectivity index (χ1v) is 11.4. The van der Waals surface area contributed by atoms with E-state index in [0.29, 0.717) is 19.5 Å². The largest absolute Gasteiger partial charge is 0.336 e. The van der Waals surface area contributed by atoms with Gasteiger partial charge in [-0.25, -0.2) is 12.8 Å². The quantitative estimate of drug-likeness (QED) is 0.621. The summed E-state index contributed by atoms with van der Waals surface area (Å²) in [6.45, 7) is 0.461. The molecule has 150 valence electrons. The van der Waals surface area contributed by atoms with Crippen molar-refractivity contribution in [1.82, 2.24) is 4.90 Å². The minimum absolute atomic E-state index is 0.0672. The SMILES string of the molecule is O=C(CN(c1ccccc1F)S(=O)(=O)c1cccs1)N1CCc2ccccc2C1. The second-order valence-electron chi connectivity index (χ2n) is 6.73. The maximum atomic E-state index is 14.5. The minimum atomic E-state index is -4.06. The fourth-order valence-corrected chi connectivity index (χ4v) is 5.93. The molecule has 4 rings (SSSR count). The van der Waals surface area contributed by atoms with Crippen LogP contribution in [0.5, 0.6) is 0 Å². The fourth-order valence-electron chi connectivity index (χ4n) is 3.40. The lowest BCUT2D eigenvalue weighted by Gasteiger charge is -2.31. The molecule has 1 aromatic heterocycles. The van der Waals surface area contributed by atoms with Crippen LogP contribution in [0.1, 0.15) is 11.1 Å². The molecule has 0 atom stereocenters. The molecule has 0 saturated carbocycles. The highest BCUT2D eigenvalue weighted by molar-refractivity contribution is 7.94. The maximum Gasteiger partial charge on any atom is 0.274 e. The Hall–Kier alpha value is -2.71. The zero-order valence-corrected chi connectivity index (χ0v) is 17.1. The summed E-state index contributed by atoms with van der Waals surface area (Å²) in [6.07, 6.45) is 0.708. The number of hydrogen-bond acceptors (Lipinski definition) is 4. The van der Waals surface area contributed by atoms with Crippen molar-refractivity contribution in [2.75, 3.05) is 17.4 Å². The summed E-state index contributed by atoms with van der Waals surface area (Å²) in [5.41, 5.74) is 2.10. The third-order valence-corrected chi connectivity index (χ3v) is 8.06. The van der Waals surface area contributed by atoms with E-state index >= 15 is 0 Å². The molecule has 1 aliphatic heterocycles. The Kier molecular flexibility index (Phi) is 5.38. The average molecular weight is 431 g/mol. The van der Waals surface area contributed by atoms with Gasteiger partial charge in [0.2, 0.25) is 5.91 Å². The zero-order valence-electron chi connectivity index (χ0n) is 15.5. The van der Waals surface area contributed by atoms with Gasteiger partial charge in [0, 0.05) is 13.1 Å². The first-order chi connectivity index (χ1) is 14.0. The highest BCUT2D eigenvalue weighted by atomic mass is 32.2. The van der Waals surface area contributed by atoms with E-state index in [9.17, 15) is 17.6 Å². The molecule has 0 unspecified atom stereocenters. The Bertz CT molecular complexity index is 1130. The van der Waals surface area contributed by atoms with Gasteiger partial charge in [-0.2, -0.15) is 0 Å². The van der Waals surface area contributed by atoms with Gasteiger partial charge in [-0.05, 0) is 41.1 Å². The van der Waals surface area contributed by atoms with Gasteiger partial charge in [0.15, 0.2) is 0 Å². The second kappa shape index (κ2) is 7.96. The summed E-state index contributed by atoms with van der Waals surface area (Å²) in [5, 5.41) is 1.63. The number of sulfonamides is 1. The van der Waals surface area contributed by atoms with E-state index in [0.717, 1.165) is 21.2 Å². The number of hydrogen-bond donors (Lipinski definition) is 0. The van der Waals surface area contributed by atoms with Gasteiger partial charge in [0.25, 0.3) is 10.0 Å². The van der Waals surface area contributed by atoms with Crippen LogP contribution in [0.2, 0.25) is 0 Å². The summed E-state index contributed by atoms with van der Waals surface area (Å²) >= 11 is 1.04. The van der Waals surface area contributed by atoms with Crippen LogP contribution in [0.3, 0.4) is 0 Å². The third kappa shape index (κ3) is 3.90. The predicted octanol–water partition coefficient (Wildman–Crippen LogP) is 3.67. The number of benzene rings is 2. The molecule has 0 saturated heterocycles. The molecule has 3 aromatic rings. The van der Waals surface area contributed by atoms with Crippen LogP contribution in [0.25, 0.3) is 0 Å². The van der Waals surface area contributed by atoms with Crippen molar-refractivity contribution in [3.05, 3.63) is 83.0 Å². The van der Waals surface area contributed by atoms with Crippen LogP contribution >= 0.6 is 11.3 Å². The van der Waals surface area contributed by atoms with Crippen molar-refractivity contribution < 1.29 is 17.6 Å². The van der Waals surface area contributed by atoms with Crippen molar-refractivity contribution >= 4 is 33.0 Å². The van der Waals surface area contributed by atoms with Gasteiger partial charge in [0.05, 0.1) is 5.69 Å². The van der Waals surface area contributed by atoms with Crippen LogP contribution in [-0.4, -0.2) is 32.3 Å². The number of thiophene rings is 1. The molecule has 0 aliphatic carbocycles. The molecule has 0 bridgehead atoms. The zero-order chi connectivity index (χ0) is 20.4. The smallest absolute Gasteiger partial charge is 0.274 e. The standard InChI is InChI=1S/C21H19FN2O3S2/c22-18-8-3-4-9-19(18)24(29(26,27)21-10-5-13-28-21)15-20(25)23-12-11-16-6-1-2-7-17(16)14-23/h1-10,13H,11-12,14-15H2. The number of halogens is 1. The van der Waals surface area contributed by atoms with Crippen LogP contribution in [0.15, 0.2) is 70.3 Å². The van der Waals surface area contributed by atoms with E-state index in [-0.39, 0.29) is 15.8 Å². The van der Waals surface area contributed by atoms with Gasteiger partial charge in [0.1, 0.15) is 16.6 Å². The van der Waals surface area contributed by atoms with E-state index in [4.69, 9.17) is 0 Å². The first-order valence-electron chi connectivity index (χ1n) is 9.12. The Balaban J connectivity index is 1.64. The summed E-state index contributed by atoms with van der Waals surface area (Å²) in [7, 11) is -4.06. The Labute approximate surface area is 173 Å². The highest BCUT2D eigenvalue weighted by Crippen LogP contribution is 2.29. The number of amides is 1. The molecule has 0 spiro atoms. The Morgan fingerprint density at radius 2 is 1.76 bits per heavy atom. The lowest BCUT2D eigenvalue weighted by atomic mass is 10.00. The van der Waals surface area contributed by atoms with Gasteiger partial charge >= 0.3 is 0 Å². The van der Waals surface area contributed by atoms with Crippen molar-refractivity contribution in [1.29, 1.82) is 0 Å². The number of para-hydroxylation sites is 1. The lowest BCUT2D eigenvalue weighted by Crippen LogP contribution is -2.44. The molecule has 5 nitrogen and oxygen atoms in total. The maximum absolute atomic E-state index is 14.5. The molecule has 2 heterocycles. The predicted molar refractivity (Wildman–Crippen MR) is 111 cm³/mol. The molecule has 8 heteroatoms. The molecule has 0 fully saturated rings. The highest BCUT2D eigenvalue weighted by Gasteiger charge is 2.32. The summed E-state index contributed by atoms with van der Waals surface area (Å²) in [5.74, 6) is -1.05. The number of rotatable bonds is 5. The van der Waals surface area contributed by atoms with Crippen molar-refractivity contribution in [2.45, 2.75) is 17.2 Å². The first kappa shape index (κ1) is 19.6. The van der Waals surface area contributed by atoms with Crippen molar-refractivity contribution in [2.24, 2.45) is 0 Å². The van der Waals surface area contributed by atoms with Crippen molar-refractivity contribution in [3.63, 3.8) is 0 Å². The lowest BCUT2D eigenvalue weighted by molar-refractivity contribution is -0.130. The second-order valence-corrected chi connectivity index (χ2v) is 9.77. The molecule has 0 N–H and O–H groups in total. The van der Waals surface area contributed by atoms with E-state index in [1.165, 1.54) is 29.8 Å². The summed E-state index contributed by atoms with van der Waals surface area (Å²) in [6, 6.07) is 16.5. The molecule has 2 aromatic carbocycles. The molecule has 1 amide bonds. The van der Waals surface area contributed by atoms with Gasteiger partial charge in [-0.15, -0.1) is 11.3 Å². The summed E-state index contributed by atoms with van der Waals surface area (Å²) < 4.78 is 41.7. The fraction of sp³-hybridized carbons (Fsp3) is 0.190. The summed E-state index contributed by atoms with van der Waals surface area (Å²) in [4.78, 5) is 14.6. The molecule has 0 radical (unpaired) electrons. The number of carbonyl (C=O) groups excluding carboxylic acids is 1. The van der Waals surface area contributed by atoms with Gasteiger partial charge in [-0.1, -0.05) is 42.5 Å². The molecule has 1 aliphatic rings. The topological polar surface area (TPSA) is 57.7 Å². The van der Waals surface area contributed by atoms with Crippen molar-refractivity contribution in [3.8, 4) is 0 Å². The van der Waals surface area contributed by atoms with Crippen LogP contribution in [0.4, 0.5) is 10.1 Å². The van der Waals surface area contributed by atoms with Gasteiger partial charge in [-0.3, -0.25) is 9.10 Å². The van der Waals surface area contributed by atoms with E-state index in [2.05, 4.69) is 0 Å². The Morgan fingerprint density at radius 3 is 2.48 bits per heavy atom. The minimum Gasteiger partial charge on any atom is -0.336 e. The number of fused-ring (bicyclic) bond motifs is 1. The molecular weight excluding hydrogens is 411 g/mol. The number of carbonyl (C=O) groups is 1. The normalized spacial score (nSPS) is 13.8. The Morgan fingerprint density at radius 1 is 1.03 bits per heavy atom. The van der Waals surface area contributed by atoms with Crippen LogP contribution < -0.4 is 4.31 Å². The van der Waals surface area contributed by atoms with E-state index in [1.807, 2.05) is 24.3 Å².